The Labute approximate surface area is 140 Å². The highest BCUT2D eigenvalue weighted by Gasteiger charge is 2.30. The predicted molar refractivity (Wildman–Crippen MR) is 83.4 cm³/mol. The highest BCUT2D eigenvalue weighted by atomic mass is 19.4. The molecule has 9 heteroatoms. The number of aryl methyl sites for hydroxylation is 1. The molecule has 0 fully saturated rings. The second-order valence-electron chi connectivity index (χ2n) is 5.12. The van der Waals surface area contributed by atoms with Crippen LogP contribution < -0.4 is 10.1 Å². The van der Waals surface area contributed by atoms with Gasteiger partial charge in [-0.05, 0) is 36.8 Å². The van der Waals surface area contributed by atoms with Crippen LogP contribution in [0.4, 0.5) is 24.5 Å². The van der Waals surface area contributed by atoms with Gasteiger partial charge in [0.2, 0.25) is 0 Å². The molecule has 0 aliphatic carbocycles. The third kappa shape index (κ3) is 4.93. The average molecular weight is 354 g/mol. The van der Waals surface area contributed by atoms with Gasteiger partial charge in [0.05, 0.1) is 10.5 Å². The van der Waals surface area contributed by atoms with Gasteiger partial charge in [0.15, 0.2) is 6.61 Å². The Hall–Kier alpha value is -3.10. The molecule has 2 rings (SSSR count). The lowest BCUT2D eigenvalue weighted by Gasteiger charge is -2.11. The molecule has 2 aromatic carbocycles. The van der Waals surface area contributed by atoms with Crippen molar-refractivity contribution in [3.05, 3.63) is 63.7 Å². The molecular formula is C16H13F3N2O4. The maximum Gasteiger partial charge on any atom is 0.416 e. The number of nitrogens with one attached hydrogen (secondary N) is 1. The van der Waals surface area contributed by atoms with Crippen molar-refractivity contribution in [3.63, 3.8) is 0 Å². The van der Waals surface area contributed by atoms with Gasteiger partial charge in [0.25, 0.3) is 11.6 Å². The molecule has 0 unspecified atom stereocenters. The van der Waals surface area contributed by atoms with Crippen molar-refractivity contribution in [3.8, 4) is 5.75 Å². The number of hydrogen-bond acceptors (Lipinski definition) is 4. The first-order valence-corrected chi connectivity index (χ1v) is 7.02. The number of nitro benzene ring substituents is 1. The van der Waals surface area contributed by atoms with Crippen LogP contribution in [-0.4, -0.2) is 17.4 Å². The Kier molecular flexibility index (Phi) is 5.26. The van der Waals surface area contributed by atoms with Gasteiger partial charge in [-0.25, -0.2) is 0 Å². The quantitative estimate of drug-likeness (QED) is 0.651. The van der Waals surface area contributed by atoms with E-state index in [1.807, 2.05) is 0 Å². The number of carbonyl (C=O) groups excluding carboxylic acids is 1. The molecule has 132 valence electrons. The van der Waals surface area contributed by atoms with E-state index < -0.39 is 29.2 Å². The van der Waals surface area contributed by atoms with E-state index in [2.05, 4.69) is 5.32 Å². The number of benzene rings is 2. The van der Waals surface area contributed by atoms with Crippen LogP contribution in [0.1, 0.15) is 11.1 Å². The maximum atomic E-state index is 12.6. The molecule has 2 aromatic rings. The molecule has 0 aliphatic heterocycles. The SMILES string of the molecule is Cc1cc([N+](=O)[O-])ccc1OCC(=O)Nc1cccc(C(F)(F)F)c1. The minimum absolute atomic E-state index is 0.0103. The van der Waals surface area contributed by atoms with Gasteiger partial charge in [-0.3, -0.25) is 14.9 Å². The van der Waals surface area contributed by atoms with Crippen LogP contribution in [0.2, 0.25) is 0 Å². The number of carbonyl (C=O) groups is 1. The molecule has 25 heavy (non-hydrogen) atoms. The van der Waals surface area contributed by atoms with E-state index in [1.54, 1.807) is 6.92 Å². The van der Waals surface area contributed by atoms with E-state index in [1.165, 1.54) is 30.3 Å². The number of non-ortho nitro benzene ring substituents is 1. The summed E-state index contributed by atoms with van der Waals surface area (Å²) in [4.78, 5) is 21.9. The summed E-state index contributed by atoms with van der Waals surface area (Å²) in [6, 6.07) is 8.09. The first-order valence-electron chi connectivity index (χ1n) is 7.02. The maximum absolute atomic E-state index is 12.6. The van der Waals surface area contributed by atoms with Crippen LogP contribution in [0.5, 0.6) is 5.75 Å². The number of anilines is 1. The van der Waals surface area contributed by atoms with Crippen molar-refractivity contribution < 1.29 is 27.6 Å². The summed E-state index contributed by atoms with van der Waals surface area (Å²) >= 11 is 0. The second kappa shape index (κ2) is 7.20. The molecule has 0 bridgehead atoms. The summed E-state index contributed by atoms with van der Waals surface area (Å²) in [6.07, 6.45) is -4.51. The van der Waals surface area contributed by atoms with Crippen molar-refractivity contribution in [1.82, 2.24) is 0 Å². The zero-order valence-electron chi connectivity index (χ0n) is 13.0. The number of halogens is 3. The molecule has 6 nitrogen and oxygen atoms in total. The first kappa shape index (κ1) is 18.2. The number of nitro groups is 1. The molecule has 0 aromatic heterocycles. The van der Waals surface area contributed by atoms with E-state index in [4.69, 9.17) is 4.74 Å². The minimum atomic E-state index is -4.51. The van der Waals surface area contributed by atoms with Crippen LogP contribution in [0.25, 0.3) is 0 Å². The minimum Gasteiger partial charge on any atom is -0.483 e. The molecule has 0 heterocycles. The smallest absolute Gasteiger partial charge is 0.416 e. The topological polar surface area (TPSA) is 81.5 Å². The van der Waals surface area contributed by atoms with Crippen LogP contribution in [0.3, 0.4) is 0 Å². The van der Waals surface area contributed by atoms with E-state index in [9.17, 15) is 28.1 Å². The van der Waals surface area contributed by atoms with Gasteiger partial charge in [-0.1, -0.05) is 6.07 Å². The Morgan fingerprint density at radius 3 is 2.56 bits per heavy atom. The van der Waals surface area contributed by atoms with Gasteiger partial charge in [0.1, 0.15) is 5.75 Å². The van der Waals surface area contributed by atoms with E-state index in [0.717, 1.165) is 12.1 Å². The zero-order valence-corrected chi connectivity index (χ0v) is 13.0. The number of rotatable bonds is 5. The highest BCUT2D eigenvalue weighted by molar-refractivity contribution is 5.92. The molecule has 0 spiro atoms. The summed E-state index contributed by atoms with van der Waals surface area (Å²) in [5.41, 5.74) is -0.541. The lowest BCUT2D eigenvalue weighted by Crippen LogP contribution is -2.20. The number of nitrogens with zero attached hydrogens (tertiary/aromatic N) is 1. The fourth-order valence-electron chi connectivity index (χ4n) is 2.02. The van der Waals surface area contributed by atoms with Crippen molar-refractivity contribution in [2.75, 3.05) is 11.9 Å². The summed E-state index contributed by atoms with van der Waals surface area (Å²) in [5, 5.41) is 13.0. The Morgan fingerprint density at radius 2 is 1.96 bits per heavy atom. The van der Waals surface area contributed by atoms with E-state index >= 15 is 0 Å². The molecule has 0 radical (unpaired) electrons. The summed E-state index contributed by atoms with van der Waals surface area (Å²) in [7, 11) is 0. The largest absolute Gasteiger partial charge is 0.483 e. The lowest BCUT2D eigenvalue weighted by molar-refractivity contribution is -0.384. The van der Waals surface area contributed by atoms with Crippen LogP contribution in [0, 0.1) is 17.0 Å². The van der Waals surface area contributed by atoms with Crippen LogP contribution in [0.15, 0.2) is 42.5 Å². The number of amides is 1. The predicted octanol–water partition coefficient (Wildman–Crippen LogP) is 3.94. The van der Waals surface area contributed by atoms with Gasteiger partial charge in [0, 0.05) is 17.8 Å². The molecule has 1 N–H and O–H groups in total. The van der Waals surface area contributed by atoms with Gasteiger partial charge in [-0.2, -0.15) is 13.2 Å². The molecule has 0 atom stereocenters. The number of ether oxygens (including phenoxy) is 1. The van der Waals surface area contributed by atoms with Gasteiger partial charge >= 0.3 is 6.18 Å². The van der Waals surface area contributed by atoms with Crippen molar-refractivity contribution in [1.29, 1.82) is 0 Å². The van der Waals surface area contributed by atoms with Gasteiger partial charge < -0.3 is 10.1 Å². The molecule has 1 amide bonds. The fraction of sp³-hybridized carbons (Fsp3) is 0.188. The highest BCUT2D eigenvalue weighted by Crippen LogP contribution is 2.30. The third-order valence-electron chi connectivity index (χ3n) is 3.20. The average Bonchev–Trinajstić information content (AvgIpc) is 2.53. The monoisotopic (exact) mass is 354 g/mol. The Balaban J connectivity index is 1.99. The number of hydrogen-bond donors (Lipinski definition) is 1. The van der Waals surface area contributed by atoms with E-state index in [-0.39, 0.29) is 17.1 Å². The summed E-state index contributed by atoms with van der Waals surface area (Å²) in [6.45, 7) is 1.13. The zero-order chi connectivity index (χ0) is 18.6. The van der Waals surface area contributed by atoms with Gasteiger partial charge in [-0.15, -0.1) is 0 Å². The number of alkyl halides is 3. The van der Waals surface area contributed by atoms with Crippen molar-refractivity contribution in [2.24, 2.45) is 0 Å². The Morgan fingerprint density at radius 1 is 1.24 bits per heavy atom. The normalized spacial score (nSPS) is 11.0. The third-order valence-corrected chi connectivity index (χ3v) is 3.20. The standard InChI is InChI=1S/C16H13F3N2O4/c1-10-7-13(21(23)24)5-6-14(10)25-9-15(22)20-12-4-2-3-11(8-12)16(17,18)19/h2-8H,9H2,1H3,(H,20,22). The molecular weight excluding hydrogens is 341 g/mol. The molecule has 0 saturated carbocycles. The fourth-order valence-corrected chi connectivity index (χ4v) is 2.02. The molecule has 0 saturated heterocycles. The second-order valence-corrected chi connectivity index (χ2v) is 5.12. The van der Waals surface area contributed by atoms with E-state index in [0.29, 0.717) is 5.56 Å². The summed E-state index contributed by atoms with van der Waals surface area (Å²) < 4.78 is 43.1. The van der Waals surface area contributed by atoms with Crippen molar-refractivity contribution >= 4 is 17.3 Å². The van der Waals surface area contributed by atoms with Crippen LogP contribution >= 0.6 is 0 Å². The first-order chi connectivity index (χ1) is 11.7. The van der Waals surface area contributed by atoms with Crippen LogP contribution in [-0.2, 0) is 11.0 Å². The molecule has 0 aliphatic rings. The summed E-state index contributed by atoms with van der Waals surface area (Å²) in [5.74, 6) is -0.387. The van der Waals surface area contributed by atoms with Crippen molar-refractivity contribution in [2.45, 2.75) is 13.1 Å². The Bertz CT molecular complexity index is 806. The lowest BCUT2D eigenvalue weighted by atomic mass is 10.2.